The van der Waals surface area contributed by atoms with Crippen molar-refractivity contribution in [3.8, 4) is 17.2 Å². The fourth-order valence-electron chi connectivity index (χ4n) is 2.88. The third-order valence-electron chi connectivity index (χ3n) is 3.88. The van der Waals surface area contributed by atoms with Gasteiger partial charge in [0.25, 0.3) is 5.56 Å². The molecule has 0 N–H and O–H groups in total. The fourth-order valence-corrected chi connectivity index (χ4v) is 2.88. The van der Waals surface area contributed by atoms with Gasteiger partial charge >= 0.3 is 0 Å². The average molecular weight is 306 g/mol. The van der Waals surface area contributed by atoms with Gasteiger partial charge in [-0.3, -0.25) is 9.36 Å². The maximum Gasteiger partial charge on any atom is 0.259 e. The van der Waals surface area contributed by atoms with Gasteiger partial charge in [-0.15, -0.1) is 0 Å². The Hall–Kier alpha value is -2.93. The number of rotatable bonds is 2. The van der Waals surface area contributed by atoms with E-state index in [0.29, 0.717) is 27.6 Å². The van der Waals surface area contributed by atoms with Crippen LogP contribution in [0.2, 0.25) is 0 Å². The van der Waals surface area contributed by atoms with E-state index < -0.39 is 0 Å². The normalized spacial score (nSPS) is 10.9. The molecule has 0 bridgehead atoms. The molecule has 0 aliphatic carbocycles. The molecule has 114 valence electrons. The lowest BCUT2D eigenvalue weighted by molar-refractivity contribution is 0.577. The lowest BCUT2D eigenvalue weighted by Gasteiger charge is -2.18. The monoisotopic (exact) mass is 306 g/mol. The molecule has 0 amide bonds. The van der Waals surface area contributed by atoms with Gasteiger partial charge in [0, 0.05) is 17.0 Å². The molecule has 0 saturated heterocycles. The van der Waals surface area contributed by atoms with E-state index in [1.807, 2.05) is 26.0 Å². The van der Waals surface area contributed by atoms with Gasteiger partial charge in [0.1, 0.15) is 17.6 Å². The van der Waals surface area contributed by atoms with Crippen molar-refractivity contribution in [2.45, 2.75) is 19.9 Å². The number of benzene rings is 2. The Bertz CT molecular complexity index is 979. The van der Waals surface area contributed by atoms with Crippen LogP contribution in [-0.2, 0) is 0 Å². The highest BCUT2D eigenvalue weighted by molar-refractivity contribution is 5.98. The van der Waals surface area contributed by atoms with E-state index in [1.165, 1.54) is 16.7 Å². The summed E-state index contributed by atoms with van der Waals surface area (Å²) >= 11 is 0. The number of nitriles is 1. The quantitative estimate of drug-likeness (QED) is 0.710. The molecule has 4 heteroatoms. The van der Waals surface area contributed by atoms with Crippen LogP contribution in [0, 0.1) is 17.1 Å². The van der Waals surface area contributed by atoms with Crippen molar-refractivity contribution in [2.75, 3.05) is 0 Å². The Morgan fingerprint density at radius 3 is 2.22 bits per heavy atom. The van der Waals surface area contributed by atoms with E-state index in [0.717, 1.165) is 0 Å². The van der Waals surface area contributed by atoms with Gasteiger partial charge in [-0.1, -0.05) is 30.3 Å². The molecule has 0 unspecified atom stereocenters. The Morgan fingerprint density at radius 1 is 1.04 bits per heavy atom. The first kappa shape index (κ1) is 15.0. The van der Waals surface area contributed by atoms with Crippen LogP contribution in [0.1, 0.15) is 25.6 Å². The van der Waals surface area contributed by atoms with Gasteiger partial charge in [-0.25, -0.2) is 4.39 Å². The predicted molar refractivity (Wildman–Crippen MR) is 88.7 cm³/mol. The largest absolute Gasteiger partial charge is 0.296 e. The minimum Gasteiger partial charge on any atom is -0.296 e. The molecule has 0 saturated carbocycles. The highest BCUT2D eigenvalue weighted by Gasteiger charge is 2.19. The number of aromatic nitrogens is 1. The summed E-state index contributed by atoms with van der Waals surface area (Å²) in [6, 6.07) is 15.2. The minimum absolute atomic E-state index is 0.152. The zero-order valence-corrected chi connectivity index (χ0v) is 12.9. The molecule has 3 nitrogen and oxygen atoms in total. The molecule has 0 spiro atoms. The van der Waals surface area contributed by atoms with Crippen LogP contribution in [-0.4, -0.2) is 4.57 Å². The topological polar surface area (TPSA) is 45.8 Å². The fraction of sp³-hybridized carbons (Fsp3) is 0.158. The Morgan fingerprint density at radius 2 is 1.65 bits per heavy atom. The molecule has 1 aromatic heterocycles. The summed E-state index contributed by atoms with van der Waals surface area (Å²) < 4.78 is 14.8. The Balaban J connectivity index is 2.54. The van der Waals surface area contributed by atoms with Crippen molar-refractivity contribution in [1.82, 2.24) is 4.57 Å². The van der Waals surface area contributed by atoms with E-state index in [9.17, 15) is 14.4 Å². The van der Waals surface area contributed by atoms with E-state index in [1.54, 1.807) is 24.3 Å². The average Bonchev–Trinajstić information content (AvgIpc) is 2.55. The Labute approximate surface area is 133 Å². The smallest absolute Gasteiger partial charge is 0.259 e. The highest BCUT2D eigenvalue weighted by Crippen LogP contribution is 2.31. The molecule has 23 heavy (non-hydrogen) atoms. The molecular weight excluding hydrogens is 291 g/mol. The van der Waals surface area contributed by atoms with Crippen molar-refractivity contribution < 1.29 is 4.39 Å². The van der Waals surface area contributed by atoms with Gasteiger partial charge in [0.2, 0.25) is 0 Å². The Kier molecular flexibility index (Phi) is 3.71. The van der Waals surface area contributed by atoms with Crippen molar-refractivity contribution in [2.24, 2.45) is 0 Å². The molecule has 0 aliphatic rings. The zero-order valence-electron chi connectivity index (χ0n) is 12.9. The lowest BCUT2D eigenvalue weighted by atomic mass is 9.96. The van der Waals surface area contributed by atoms with E-state index >= 15 is 0 Å². The third kappa shape index (κ3) is 2.40. The van der Waals surface area contributed by atoms with Crippen LogP contribution >= 0.6 is 0 Å². The maximum absolute atomic E-state index is 13.3. The first-order chi connectivity index (χ1) is 11.0. The van der Waals surface area contributed by atoms with Crippen molar-refractivity contribution in [1.29, 1.82) is 5.26 Å². The SMILES string of the molecule is CC(C)n1c(C#N)c(-c2ccc(F)cc2)c2ccccc2c1=O. The van der Waals surface area contributed by atoms with Crippen molar-refractivity contribution >= 4 is 10.8 Å². The van der Waals surface area contributed by atoms with Crippen LogP contribution in [0.3, 0.4) is 0 Å². The summed E-state index contributed by atoms with van der Waals surface area (Å²) in [5.41, 5.74) is 1.50. The second kappa shape index (κ2) is 5.69. The minimum atomic E-state index is -0.339. The molecule has 2 aromatic carbocycles. The van der Waals surface area contributed by atoms with Crippen molar-refractivity contribution in [3.63, 3.8) is 0 Å². The number of hydrogen-bond donors (Lipinski definition) is 0. The van der Waals surface area contributed by atoms with Gasteiger partial charge in [0.05, 0.1) is 0 Å². The summed E-state index contributed by atoms with van der Waals surface area (Å²) in [6.07, 6.45) is 0. The van der Waals surface area contributed by atoms with Crippen molar-refractivity contribution in [3.05, 3.63) is 70.4 Å². The first-order valence-corrected chi connectivity index (χ1v) is 7.38. The summed E-state index contributed by atoms with van der Waals surface area (Å²) in [5.74, 6) is -0.339. The molecule has 1 heterocycles. The molecular formula is C19H15FN2O. The first-order valence-electron chi connectivity index (χ1n) is 7.38. The second-order valence-corrected chi connectivity index (χ2v) is 5.66. The molecule has 0 aliphatic heterocycles. The number of halogens is 1. The lowest BCUT2D eigenvalue weighted by Crippen LogP contribution is -2.25. The number of nitrogens with zero attached hydrogens (tertiary/aromatic N) is 2. The molecule has 3 rings (SSSR count). The molecule has 0 atom stereocenters. The summed E-state index contributed by atoms with van der Waals surface area (Å²) in [7, 11) is 0. The standard InChI is InChI=1S/C19H15FN2O/c1-12(2)22-17(11-21)18(13-7-9-14(20)10-8-13)15-5-3-4-6-16(15)19(22)23/h3-10,12H,1-2H3. The summed E-state index contributed by atoms with van der Waals surface area (Å²) in [4.78, 5) is 12.7. The second-order valence-electron chi connectivity index (χ2n) is 5.66. The van der Waals surface area contributed by atoms with Gasteiger partial charge in [-0.2, -0.15) is 5.26 Å². The van der Waals surface area contributed by atoms with Gasteiger partial charge in [-0.05, 0) is 43.0 Å². The summed E-state index contributed by atoms with van der Waals surface area (Å²) in [6.45, 7) is 3.73. The number of fused-ring (bicyclic) bond motifs is 1. The molecule has 0 radical (unpaired) electrons. The molecule has 0 fully saturated rings. The third-order valence-corrected chi connectivity index (χ3v) is 3.88. The van der Waals surface area contributed by atoms with Crippen LogP contribution in [0.15, 0.2) is 53.3 Å². The molecule has 3 aromatic rings. The van der Waals surface area contributed by atoms with Gasteiger partial charge < -0.3 is 0 Å². The maximum atomic E-state index is 13.3. The number of pyridine rings is 1. The zero-order chi connectivity index (χ0) is 16.6. The van der Waals surface area contributed by atoms with Crippen LogP contribution in [0.25, 0.3) is 21.9 Å². The van der Waals surface area contributed by atoms with Crippen LogP contribution in [0.4, 0.5) is 4.39 Å². The highest BCUT2D eigenvalue weighted by atomic mass is 19.1. The predicted octanol–water partition coefficient (Wildman–Crippen LogP) is 4.26. The van der Waals surface area contributed by atoms with Gasteiger partial charge in [0.15, 0.2) is 0 Å². The van der Waals surface area contributed by atoms with Crippen LogP contribution < -0.4 is 5.56 Å². The van der Waals surface area contributed by atoms with E-state index in [2.05, 4.69) is 6.07 Å². The van der Waals surface area contributed by atoms with E-state index in [-0.39, 0.29) is 17.4 Å². The van der Waals surface area contributed by atoms with E-state index in [4.69, 9.17) is 0 Å². The number of hydrogen-bond acceptors (Lipinski definition) is 2. The van der Waals surface area contributed by atoms with Crippen LogP contribution in [0.5, 0.6) is 0 Å². The summed E-state index contributed by atoms with van der Waals surface area (Å²) in [5, 5.41) is 10.9.